The number of rotatable bonds is 4. The van der Waals surface area contributed by atoms with E-state index in [9.17, 15) is 4.79 Å². The van der Waals surface area contributed by atoms with E-state index in [4.69, 9.17) is 4.52 Å². The molecule has 1 aliphatic heterocycles. The van der Waals surface area contributed by atoms with Gasteiger partial charge in [0, 0.05) is 29.3 Å². The van der Waals surface area contributed by atoms with Crippen LogP contribution < -0.4 is 0 Å². The Hall–Kier alpha value is -2.08. The van der Waals surface area contributed by atoms with E-state index < -0.39 is 0 Å². The first-order valence-corrected chi connectivity index (χ1v) is 8.43. The molecule has 0 aliphatic carbocycles. The molecule has 24 heavy (non-hydrogen) atoms. The summed E-state index contributed by atoms with van der Waals surface area (Å²) in [5, 5.41) is 4.08. The van der Waals surface area contributed by atoms with Gasteiger partial charge in [0.2, 0.25) is 11.7 Å². The zero-order valence-corrected chi connectivity index (χ0v) is 14.5. The molecule has 128 valence electrons. The predicted octanol–water partition coefficient (Wildman–Crippen LogP) is 2.93. The standard InChI is InChI=1S/C18H24N4O2/c1-18(2,3)15(23)12-22-10-6-14(7-11-22)17-20-16(21-24-17)13-4-8-19-9-5-13/h4-5,8-9,14H,6-7,10-12H2,1-3H3. The molecule has 0 N–H and O–H groups in total. The van der Waals surface area contributed by atoms with Gasteiger partial charge in [-0.1, -0.05) is 25.9 Å². The summed E-state index contributed by atoms with van der Waals surface area (Å²) in [7, 11) is 0. The highest BCUT2D eigenvalue weighted by Gasteiger charge is 2.29. The van der Waals surface area contributed by atoms with Gasteiger partial charge in [-0.05, 0) is 38.1 Å². The van der Waals surface area contributed by atoms with Crippen molar-refractivity contribution in [3.63, 3.8) is 0 Å². The number of pyridine rings is 1. The Labute approximate surface area is 142 Å². The molecule has 0 radical (unpaired) electrons. The zero-order chi connectivity index (χ0) is 17.2. The first kappa shape index (κ1) is 16.8. The van der Waals surface area contributed by atoms with Crippen LogP contribution in [0.25, 0.3) is 11.4 Å². The zero-order valence-electron chi connectivity index (χ0n) is 14.5. The number of carbonyl (C=O) groups is 1. The normalized spacial score (nSPS) is 17.1. The summed E-state index contributed by atoms with van der Waals surface area (Å²) in [5.74, 6) is 1.87. The fourth-order valence-electron chi connectivity index (χ4n) is 2.80. The van der Waals surface area contributed by atoms with Crippen molar-refractivity contribution in [3.8, 4) is 11.4 Å². The summed E-state index contributed by atoms with van der Waals surface area (Å²) < 4.78 is 5.46. The lowest BCUT2D eigenvalue weighted by Gasteiger charge is -2.31. The average Bonchev–Trinajstić information content (AvgIpc) is 3.05. The van der Waals surface area contributed by atoms with Gasteiger partial charge < -0.3 is 4.52 Å². The van der Waals surface area contributed by atoms with Crippen LogP contribution in [0.3, 0.4) is 0 Å². The van der Waals surface area contributed by atoms with Crippen molar-refractivity contribution < 1.29 is 9.32 Å². The average molecular weight is 328 g/mol. The third-order valence-electron chi connectivity index (χ3n) is 4.52. The van der Waals surface area contributed by atoms with Gasteiger partial charge in [-0.2, -0.15) is 4.98 Å². The lowest BCUT2D eigenvalue weighted by molar-refractivity contribution is -0.127. The van der Waals surface area contributed by atoms with Gasteiger partial charge in [0.1, 0.15) is 0 Å². The molecule has 6 nitrogen and oxygen atoms in total. The van der Waals surface area contributed by atoms with Crippen molar-refractivity contribution in [2.24, 2.45) is 5.41 Å². The molecule has 0 spiro atoms. The molecule has 2 aromatic rings. The molecule has 1 saturated heterocycles. The second kappa shape index (κ2) is 6.81. The van der Waals surface area contributed by atoms with Crippen molar-refractivity contribution in [3.05, 3.63) is 30.4 Å². The number of aromatic nitrogens is 3. The Morgan fingerprint density at radius 1 is 1.25 bits per heavy atom. The van der Waals surface area contributed by atoms with Crippen molar-refractivity contribution in [1.29, 1.82) is 0 Å². The minimum atomic E-state index is -0.275. The van der Waals surface area contributed by atoms with Crippen LogP contribution >= 0.6 is 0 Å². The number of piperidine rings is 1. The minimum absolute atomic E-state index is 0.272. The van der Waals surface area contributed by atoms with Gasteiger partial charge >= 0.3 is 0 Å². The summed E-state index contributed by atoms with van der Waals surface area (Å²) in [4.78, 5) is 22.9. The Bertz CT molecular complexity index is 683. The molecule has 2 aromatic heterocycles. The maximum Gasteiger partial charge on any atom is 0.230 e. The van der Waals surface area contributed by atoms with Gasteiger partial charge in [0.05, 0.1) is 6.54 Å². The van der Waals surface area contributed by atoms with Crippen molar-refractivity contribution in [1.82, 2.24) is 20.0 Å². The van der Waals surface area contributed by atoms with Crippen LogP contribution in [0.15, 0.2) is 29.0 Å². The molecule has 0 aromatic carbocycles. The van der Waals surface area contributed by atoms with E-state index in [1.807, 2.05) is 32.9 Å². The fourth-order valence-corrected chi connectivity index (χ4v) is 2.80. The first-order valence-electron chi connectivity index (χ1n) is 8.43. The minimum Gasteiger partial charge on any atom is -0.339 e. The van der Waals surface area contributed by atoms with E-state index >= 15 is 0 Å². The summed E-state index contributed by atoms with van der Waals surface area (Å²) in [5.41, 5.74) is 0.635. The molecule has 3 heterocycles. The number of nitrogens with zero attached hydrogens (tertiary/aromatic N) is 4. The van der Waals surface area contributed by atoms with Crippen LogP contribution in [0.1, 0.15) is 45.4 Å². The molecule has 0 bridgehead atoms. The van der Waals surface area contributed by atoms with Crippen LogP contribution in [-0.4, -0.2) is 45.4 Å². The van der Waals surface area contributed by atoms with Gasteiger partial charge in [-0.25, -0.2) is 0 Å². The topological polar surface area (TPSA) is 72.1 Å². The lowest BCUT2D eigenvalue weighted by atomic mass is 9.89. The maximum absolute atomic E-state index is 12.2. The van der Waals surface area contributed by atoms with Crippen molar-refractivity contribution >= 4 is 5.78 Å². The van der Waals surface area contributed by atoms with Gasteiger partial charge in [-0.15, -0.1) is 0 Å². The lowest BCUT2D eigenvalue weighted by Crippen LogP contribution is -2.40. The summed E-state index contributed by atoms with van der Waals surface area (Å²) in [6.45, 7) is 8.23. The van der Waals surface area contributed by atoms with Crippen molar-refractivity contribution in [2.75, 3.05) is 19.6 Å². The van der Waals surface area contributed by atoms with E-state index in [2.05, 4.69) is 20.0 Å². The molecule has 1 aliphatic rings. The molecular weight excluding hydrogens is 304 g/mol. The van der Waals surface area contributed by atoms with E-state index in [1.54, 1.807) is 12.4 Å². The second-order valence-corrected chi connectivity index (χ2v) is 7.42. The quantitative estimate of drug-likeness (QED) is 0.859. The third kappa shape index (κ3) is 3.87. The van der Waals surface area contributed by atoms with E-state index in [-0.39, 0.29) is 11.3 Å². The molecule has 0 amide bonds. The highest BCUT2D eigenvalue weighted by Crippen LogP contribution is 2.28. The highest BCUT2D eigenvalue weighted by atomic mass is 16.5. The van der Waals surface area contributed by atoms with E-state index in [1.165, 1.54) is 0 Å². The molecule has 0 saturated carbocycles. The largest absolute Gasteiger partial charge is 0.339 e. The molecule has 1 fully saturated rings. The monoisotopic (exact) mass is 328 g/mol. The SMILES string of the molecule is CC(C)(C)C(=O)CN1CCC(c2nc(-c3ccncc3)no2)CC1. The predicted molar refractivity (Wildman–Crippen MR) is 90.4 cm³/mol. The molecule has 6 heteroatoms. The number of Topliss-reactive ketones (excluding diaryl/α,β-unsaturated/α-hetero) is 1. The van der Waals surface area contributed by atoms with Crippen LogP contribution in [0.5, 0.6) is 0 Å². The Kier molecular flexibility index (Phi) is 4.76. The first-order chi connectivity index (χ1) is 11.4. The second-order valence-electron chi connectivity index (χ2n) is 7.42. The van der Waals surface area contributed by atoms with Gasteiger partial charge in [-0.3, -0.25) is 14.7 Å². The van der Waals surface area contributed by atoms with Crippen molar-refractivity contribution in [2.45, 2.75) is 39.5 Å². The number of hydrogen-bond donors (Lipinski definition) is 0. The van der Waals surface area contributed by atoms with Gasteiger partial charge in [0.25, 0.3) is 0 Å². The fraction of sp³-hybridized carbons (Fsp3) is 0.556. The third-order valence-corrected chi connectivity index (χ3v) is 4.52. The number of ketones is 1. The molecular formula is C18H24N4O2. The Morgan fingerprint density at radius 3 is 2.54 bits per heavy atom. The summed E-state index contributed by atoms with van der Waals surface area (Å²) >= 11 is 0. The molecule has 3 rings (SSSR count). The Balaban J connectivity index is 1.58. The van der Waals surface area contributed by atoms with E-state index in [0.29, 0.717) is 24.0 Å². The van der Waals surface area contributed by atoms with E-state index in [0.717, 1.165) is 31.5 Å². The number of carbonyl (C=O) groups excluding carboxylic acids is 1. The summed E-state index contributed by atoms with van der Waals surface area (Å²) in [6.07, 6.45) is 5.32. The van der Waals surface area contributed by atoms with Crippen LogP contribution in [-0.2, 0) is 4.79 Å². The van der Waals surface area contributed by atoms with Gasteiger partial charge in [0.15, 0.2) is 5.78 Å². The summed E-state index contributed by atoms with van der Waals surface area (Å²) in [6, 6.07) is 3.74. The molecule has 0 atom stereocenters. The number of hydrogen-bond acceptors (Lipinski definition) is 6. The molecule has 0 unspecified atom stereocenters. The van der Waals surface area contributed by atoms with Crippen LogP contribution in [0, 0.1) is 5.41 Å². The highest BCUT2D eigenvalue weighted by molar-refractivity contribution is 5.85. The maximum atomic E-state index is 12.2. The smallest absolute Gasteiger partial charge is 0.230 e. The number of likely N-dealkylation sites (tertiary alicyclic amines) is 1. The van der Waals surface area contributed by atoms with Crippen LogP contribution in [0.2, 0.25) is 0 Å². The van der Waals surface area contributed by atoms with Crippen LogP contribution in [0.4, 0.5) is 0 Å². The Morgan fingerprint density at radius 2 is 1.92 bits per heavy atom.